The highest BCUT2D eigenvalue weighted by molar-refractivity contribution is 5.95. The predicted molar refractivity (Wildman–Crippen MR) is 128 cm³/mol. The molecule has 1 saturated heterocycles. The summed E-state index contributed by atoms with van der Waals surface area (Å²) in [7, 11) is 0. The Morgan fingerprint density at radius 2 is 1.71 bits per heavy atom. The third kappa shape index (κ3) is 5.55. The topological polar surface area (TPSA) is 84.3 Å². The molecule has 0 aliphatic carbocycles. The highest BCUT2D eigenvalue weighted by atomic mass is 16.5. The molecular formula is C26H35N3O5. The van der Waals surface area contributed by atoms with Gasteiger partial charge in [-0.1, -0.05) is 19.9 Å². The smallest absolute Gasteiger partial charge is 0.257 e. The summed E-state index contributed by atoms with van der Waals surface area (Å²) < 4.78 is 17.1. The van der Waals surface area contributed by atoms with Crippen molar-refractivity contribution in [2.45, 2.75) is 40.2 Å². The third-order valence-corrected chi connectivity index (χ3v) is 6.41. The molecule has 0 radical (unpaired) electrons. The lowest BCUT2D eigenvalue weighted by Gasteiger charge is -2.34. The minimum atomic E-state index is -0.125. The lowest BCUT2D eigenvalue weighted by Crippen LogP contribution is -2.51. The average molecular weight is 470 g/mol. The molecule has 1 atom stereocenters. The minimum absolute atomic E-state index is 0.00673. The molecular weight excluding hydrogens is 434 g/mol. The van der Waals surface area contributed by atoms with Gasteiger partial charge in [-0.3, -0.25) is 14.5 Å². The molecule has 8 heteroatoms. The van der Waals surface area contributed by atoms with E-state index in [4.69, 9.17) is 13.9 Å². The van der Waals surface area contributed by atoms with Gasteiger partial charge >= 0.3 is 0 Å². The summed E-state index contributed by atoms with van der Waals surface area (Å²) in [5, 5.41) is 3.20. The van der Waals surface area contributed by atoms with E-state index in [1.807, 2.05) is 36.9 Å². The Bertz CT molecular complexity index is 1020. The molecule has 0 unspecified atom stereocenters. The zero-order valence-corrected chi connectivity index (χ0v) is 20.6. The van der Waals surface area contributed by atoms with Crippen LogP contribution in [0.2, 0.25) is 0 Å². The Labute approximate surface area is 201 Å². The van der Waals surface area contributed by atoms with Crippen LogP contribution in [0, 0.1) is 19.8 Å². The van der Waals surface area contributed by atoms with Gasteiger partial charge < -0.3 is 24.1 Å². The van der Waals surface area contributed by atoms with Gasteiger partial charge in [0.25, 0.3) is 5.91 Å². The van der Waals surface area contributed by atoms with E-state index in [1.165, 1.54) is 0 Å². The van der Waals surface area contributed by atoms with E-state index in [-0.39, 0.29) is 23.8 Å². The SMILES string of the molecule is Cc1cc(C(=O)N2CCN(CC(=O)N[C@@H](c3ccc4c(c3)OCCCO4)C(C)C)CC2)c(C)o1. The lowest BCUT2D eigenvalue weighted by atomic mass is 9.95. The van der Waals surface area contributed by atoms with Crippen molar-refractivity contribution in [3.05, 3.63) is 46.9 Å². The summed E-state index contributed by atoms with van der Waals surface area (Å²) >= 11 is 0. The molecule has 2 aliphatic rings. The molecule has 1 aromatic heterocycles. The first kappa shape index (κ1) is 24.1. The van der Waals surface area contributed by atoms with Crippen molar-refractivity contribution in [3.63, 3.8) is 0 Å². The second-order valence-corrected chi connectivity index (χ2v) is 9.44. The van der Waals surface area contributed by atoms with E-state index >= 15 is 0 Å². The van der Waals surface area contributed by atoms with Gasteiger partial charge in [-0.05, 0) is 43.5 Å². The number of carbonyl (C=O) groups is 2. The van der Waals surface area contributed by atoms with Crippen molar-refractivity contribution in [1.29, 1.82) is 0 Å². The highest BCUT2D eigenvalue weighted by Gasteiger charge is 2.27. The fraction of sp³-hybridized carbons (Fsp3) is 0.538. The van der Waals surface area contributed by atoms with Gasteiger partial charge in [-0.2, -0.15) is 0 Å². The Hall–Kier alpha value is -3.00. The predicted octanol–water partition coefficient (Wildman–Crippen LogP) is 3.33. The van der Waals surface area contributed by atoms with Gasteiger partial charge in [-0.25, -0.2) is 0 Å². The molecule has 0 bridgehead atoms. The summed E-state index contributed by atoms with van der Waals surface area (Å²) in [6.45, 7) is 11.9. The Morgan fingerprint density at radius 3 is 2.35 bits per heavy atom. The van der Waals surface area contributed by atoms with Crippen LogP contribution < -0.4 is 14.8 Å². The Morgan fingerprint density at radius 1 is 1.00 bits per heavy atom. The van der Waals surface area contributed by atoms with Gasteiger partial charge in [0.15, 0.2) is 11.5 Å². The summed E-state index contributed by atoms with van der Waals surface area (Å²) in [4.78, 5) is 29.7. The van der Waals surface area contributed by atoms with Crippen molar-refractivity contribution in [2.24, 2.45) is 5.92 Å². The van der Waals surface area contributed by atoms with Gasteiger partial charge in [-0.15, -0.1) is 0 Å². The maximum atomic E-state index is 12.9. The molecule has 0 saturated carbocycles. The number of piperazine rings is 1. The number of nitrogens with zero attached hydrogens (tertiary/aromatic N) is 2. The van der Waals surface area contributed by atoms with Crippen molar-refractivity contribution < 1.29 is 23.5 Å². The minimum Gasteiger partial charge on any atom is -0.490 e. The molecule has 1 aromatic carbocycles. The van der Waals surface area contributed by atoms with Crippen LogP contribution in [-0.2, 0) is 4.79 Å². The zero-order chi connectivity index (χ0) is 24.2. The first-order valence-corrected chi connectivity index (χ1v) is 12.1. The van der Waals surface area contributed by atoms with Crippen molar-refractivity contribution in [3.8, 4) is 11.5 Å². The number of benzene rings is 1. The molecule has 2 aliphatic heterocycles. The first-order chi connectivity index (χ1) is 16.3. The van der Waals surface area contributed by atoms with Crippen LogP contribution in [0.4, 0.5) is 0 Å². The number of ether oxygens (including phenoxy) is 2. The first-order valence-electron chi connectivity index (χ1n) is 12.1. The van der Waals surface area contributed by atoms with E-state index in [1.54, 1.807) is 6.07 Å². The second-order valence-electron chi connectivity index (χ2n) is 9.44. The van der Waals surface area contributed by atoms with Gasteiger partial charge in [0.05, 0.1) is 31.4 Å². The number of hydrogen-bond donors (Lipinski definition) is 1. The monoisotopic (exact) mass is 469 g/mol. The van der Waals surface area contributed by atoms with Crippen molar-refractivity contribution in [1.82, 2.24) is 15.1 Å². The maximum Gasteiger partial charge on any atom is 0.257 e. The molecule has 1 fully saturated rings. The van der Waals surface area contributed by atoms with E-state index < -0.39 is 0 Å². The van der Waals surface area contributed by atoms with Crippen LogP contribution in [0.1, 0.15) is 53.8 Å². The second kappa shape index (κ2) is 10.5. The number of carbonyl (C=O) groups excluding carboxylic acids is 2. The number of fused-ring (bicyclic) bond motifs is 1. The molecule has 3 heterocycles. The van der Waals surface area contributed by atoms with Crippen LogP contribution >= 0.6 is 0 Å². The number of nitrogens with one attached hydrogen (secondary N) is 1. The van der Waals surface area contributed by atoms with Crippen LogP contribution in [0.5, 0.6) is 11.5 Å². The lowest BCUT2D eigenvalue weighted by molar-refractivity contribution is -0.123. The largest absolute Gasteiger partial charge is 0.490 e. The van der Waals surface area contributed by atoms with E-state index in [9.17, 15) is 9.59 Å². The Kier molecular flexibility index (Phi) is 7.46. The maximum absolute atomic E-state index is 12.9. The molecule has 1 N–H and O–H groups in total. The number of furan rings is 1. The molecule has 0 spiro atoms. The van der Waals surface area contributed by atoms with E-state index in [0.29, 0.717) is 57.3 Å². The summed E-state index contributed by atoms with van der Waals surface area (Å²) in [6.07, 6.45) is 0.856. The third-order valence-electron chi connectivity index (χ3n) is 6.41. The fourth-order valence-corrected chi connectivity index (χ4v) is 4.55. The van der Waals surface area contributed by atoms with E-state index in [0.717, 1.165) is 29.2 Å². The average Bonchev–Trinajstić information content (AvgIpc) is 3.00. The molecule has 4 rings (SSSR count). The highest BCUT2D eigenvalue weighted by Crippen LogP contribution is 2.34. The molecule has 34 heavy (non-hydrogen) atoms. The summed E-state index contributed by atoms with van der Waals surface area (Å²) in [5.41, 5.74) is 1.63. The molecule has 2 amide bonds. The van der Waals surface area contributed by atoms with Crippen LogP contribution in [0.3, 0.4) is 0 Å². The van der Waals surface area contributed by atoms with Crippen LogP contribution in [-0.4, -0.2) is 67.6 Å². The normalized spacial score (nSPS) is 17.4. The number of hydrogen-bond acceptors (Lipinski definition) is 6. The number of aryl methyl sites for hydroxylation is 2. The van der Waals surface area contributed by atoms with Crippen LogP contribution in [0.15, 0.2) is 28.7 Å². The van der Waals surface area contributed by atoms with Gasteiger partial charge in [0.2, 0.25) is 5.91 Å². The van der Waals surface area contributed by atoms with Gasteiger partial charge in [0.1, 0.15) is 11.5 Å². The molecule has 8 nitrogen and oxygen atoms in total. The molecule has 2 aromatic rings. The standard InChI is InChI=1S/C26H35N3O5/c1-17(2)25(20-6-7-22-23(15-20)33-13-5-12-32-22)27-24(30)16-28-8-10-29(11-9-28)26(31)21-14-18(3)34-19(21)4/h6-7,14-15,17,25H,5,8-13,16H2,1-4H3,(H,27,30)/t25-/m1/s1. The van der Waals surface area contributed by atoms with E-state index in [2.05, 4.69) is 24.1 Å². The fourth-order valence-electron chi connectivity index (χ4n) is 4.55. The van der Waals surface area contributed by atoms with Crippen molar-refractivity contribution in [2.75, 3.05) is 45.9 Å². The van der Waals surface area contributed by atoms with Crippen molar-refractivity contribution >= 4 is 11.8 Å². The molecule has 184 valence electrons. The Balaban J connectivity index is 1.32. The summed E-state index contributed by atoms with van der Waals surface area (Å²) in [6, 6.07) is 7.58. The zero-order valence-electron chi connectivity index (χ0n) is 20.6. The summed E-state index contributed by atoms with van der Waals surface area (Å²) in [5.74, 6) is 3.06. The van der Waals surface area contributed by atoms with Crippen LogP contribution in [0.25, 0.3) is 0 Å². The van der Waals surface area contributed by atoms with Gasteiger partial charge in [0, 0.05) is 32.6 Å². The number of amides is 2. The number of rotatable bonds is 6. The quantitative estimate of drug-likeness (QED) is 0.699.